The normalized spacial score (nSPS) is 21.0. The van der Waals surface area contributed by atoms with Crippen molar-refractivity contribution in [1.29, 1.82) is 0 Å². The second-order valence-electron chi connectivity index (χ2n) is 7.63. The van der Waals surface area contributed by atoms with E-state index in [1.165, 1.54) is 0 Å². The van der Waals surface area contributed by atoms with E-state index in [1.807, 2.05) is 0 Å². The highest BCUT2D eigenvalue weighted by molar-refractivity contribution is 5.69. The molecule has 0 spiro atoms. The Bertz CT molecular complexity index is 548. The molecule has 6 N–H and O–H groups in total. The number of carboxylic acids is 3. The first-order valence-electron chi connectivity index (χ1n) is 10.1. The van der Waals surface area contributed by atoms with Gasteiger partial charge in [-0.05, 0) is 0 Å². The van der Waals surface area contributed by atoms with Gasteiger partial charge >= 0.3 is 17.9 Å². The van der Waals surface area contributed by atoms with Crippen molar-refractivity contribution in [2.75, 3.05) is 85.1 Å². The molecule has 13 heteroatoms. The summed E-state index contributed by atoms with van der Waals surface area (Å²) in [6, 6.07) is 0. The molecule has 1 rings (SSSR count). The maximum atomic E-state index is 11.2. The molecule has 31 heavy (non-hydrogen) atoms. The van der Waals surface area contributed by atoms with E-state index in [2.05, 4.69) is 0 Å². The molecule has 0 radical (unpaired) electrons. The van der Waals surface area contributed by atoms with E-state index in [1.54, 1.807) is 19.6 Å². The third kappa shape index (κ3) is 11.9. The van der Waals surface area contributed by atoms with Crippen LogP contribution in [0.4, 0.5) is 0 Å². The molecule has 1 saturated heterocycles. The van der Waals surface area contributed by atoms with Crippen LogP contribution < -0.4 is 0 Å². The molecule has 2 atom stereocenters. The number of hydrogen-bond donors (Lipinski definition) is 6. The van der Waals surface area contributed by atoms with Gasteiger partial charge in [-0.2, -0.15) is 0 Å². The fourth-order valence-electron chi connectivity index (χ4n) is 3.32. The summed E-state index contributed by atoms with van der Waals surface area (Å²) >= 11 is 0. The van der Waals surface area contributed by atoms with Gasteiger partial charge in [0.05, 0.1) is 32.3 Å². The van der Waals surface area contributed by atoms with Crippen molar-refractivity contribution < 1.29 is 45.0 Å². The molecule has 0 aromatic carbocycles. The summed E-state index contributed by atoms with van der Waals surface area (Å²) in [4.78, 5) is 40.3. The number of β-amino-alcohol motifs (C(OH)–C–C–N with tert-alkyl or cyclic N) is 1. The molecule has 1 aliphatic heterocycles. The Hall–Kier alpha value is -1.87. The fraction of sp³-hybridized carbons (Fsp3) is 0.833. The maximum Gasteiger partial charge on any atom is 0.317 e. The molecule has 180 valence electrons. The van der Waals surface area contributed by atoms with Gasteiger partial charge in [-0.1, -0.05) is 0 Å². The summed E-state index contributed by atoms with van der Waals surface area (Å²) in [5, 5.41) is 56.2. The zero-order valence-electron chi connectivity index (χ0n) is 17.5. The predicted octanol–water partition coefficient (Wildman–Crippen LogP) is -3.82. The standard InChI is InChI=1S/C18H34N4O9/c23-13-15(25)14(24)9-19-1-3-20(10-16(26)27)5-7-22(12-18(30)31)8-6-21(4-2-19)11-17(28)29/h14-15,23-25H,1-13H2,(H,26,27)(H,28,29)(H,30,31). The Balaban J connectivity index is 2.95. The average Bonchev–Trinajstić information content (AvgIpc) is 2.67. The van der Waals surface area contributed by atoms with Crippen LogP contribution in [0, 0.1) is 0 Å². The van der Waals surface area contributed by atoms with Crippen molar-refractivity contribution in [2.45, 2.75) is 12.2 Å². The van der Waals surface area contributed by atoms with Crippen LogP contribution in [0.25, 0.3) is 0 Å². The summed E-state index contributed by atoms with van der Waals surface area (Å²) in [7, 11) is 0. The van der Waals surface area contributed by atoms with Gasteiger partial charge in [0, 0.05) is 58.9 Å². The van der Waals surface area contributed by atoms with Crippen LogP contribution in [0.3, 0.4) is 0 Å². The van der Waals surface area contributed by atoms with Crippen LogP contribution >= 0.6 is 0 Å². The molecule has 0 saturated carbocycles. The van der Waals surface area contributed by atoms with Crippen LogP contribution in [0.1, 0.15) is 0 Å². The number of aliphatic carboxylic acids is 3. The maximum absolute atomic E-state index is 11.2. The molecule has 2 unspecified atom stereocenters. The molecule has 1 heterocycles. The molecule has 0 bridgehead atoms. The lowest BCUT2D eigenvalue weighted by molar-refractivity contribution is -0.140. The molecule has 0 aliphatic carbocycles. The Kier molecular flexibility index (Phi) is 12.5. The van der Waals surface area contributed by atoms with E-state index in [4.69, 9.17) is 10.2 Å². The van der Waals surface area contributed by atoms with Gasteiger partial charge in [0.1, 0.15) is 6.10 Å². The topological polar surface area (TPSA) is 186 Å². The molecule has 0 aromatic rings. The van der Waals surface area contributed by atoms with E-state index in [-0.39, 0.29) is 26.2 Å². The molecule has 0 aromatic heterocycles. The highest BCUT2D eigenvalue weighted by atomic mass is 16.4. The SMILES string of the molecule is O=C(O)CN1CCN(CC(=O)O)CCN(CC(O)C(O)CO)CCN(CC(=O)O)CC1. The van der Waals surface area contributed by atoms with Gasteiger partial charge in [0.15, 0.2) is 0 Å². The number of aliphatic hydroxyl groups is 3. The summed E-state index contributed by atoms with van der Waals surface area (Å²) in [5.74, 6) is -3.07. The van der Waals surface area contributed by atoms with Crippen LogP contribution in [0.2, 0.25) is 0 Å². The quantitative estimate of drug-likeness (QED) is 0.190. The lowest BCUT2D eigenvalue weighted by Crippen LogP contribution is -2.50. The zero-order chi connectivity index (χ0) is 23.4. The second kappa shape index (κ2) is 14.2. The van der Waals surface area contributed by atoms with Gasteiger partial charge < -0.3 is 30.6 Å². The number of carbonyl (C=O) groups is 3. The average molecular weight is 450 g/mol. The Labute approximate surface area is 180 Å². The smallest absolute Gasteiger partial charge is 0.317 e. The number of hydrogen-bond acceptors (Lipinski definition) is 10. The first-order valence-corrected chi connectivity index (χ1v) is 10.1. The van der Waals surface area contributed by atoms with Gasteiger partial charge in [0.2, 0.25) is 0 Å². The minimum atomic E-state index is -1.32. The second-order valence-corrected chi connectivity index (χ2v) is 7.63. The molecule has 0 amide bonds. The van der Waals surface area contributed by atoms with Crippen molar-refractivity contribution in [2.24, 2.45) is 0 Å². The van der Waals surface area contributed by atoms with E-state index < -0.39 is 36.7 Å². The Morgan fingerprint density at radius 1 is 0.581 bits per heavy atom. The van der Waals surface area contributed by atoms with E-state index >= 15 is 0 Å². The highest BCUT2D eigenvalue weighted by Gasteiger charge is 2.23. The van der Waals surface area contributed by atoms with Crippen LogP contribution in [-0.4, -0.2) is 165 Å². The van der Waals surface area contributed by atoms with Crippen LogP contribution in [-0.2, 0) is 14.4 Å². The van der Waals surface area contributed by atoms with Crippen molar-refractivity contribution in [1.82, 2.24) is 19.6 Å². The molecular formula is C18H34N4O9. The number of rotatable bonds is 10. The lowest BCUT2D eigenvalue weighted by Gasteiger charge is -2.34. The lowest BCUT2D eigenvalue weighted by atomic mass is 10.2. The molecule has 1 aliphatic rings. The van der Waals surface area contributed by atoms with Crippen molar-refractivity contribution in [3.63, 3.8) is 0 Å². The monoisotopic (exact) mass is 450 g/mol. The van der Waals surface area contributed by atoms with Crippen molar-refractivity contribution >= 4 is 17.9 Å². The highest BCUT2D eigenvalue weighted by Crippen LogP contribution is 2.04. The van der Waals surface area contributed by atoms with Gasteiger partial charge in [0.25, 0.3) is 0 Å². The van der Waals surface area contributed by atoms with Gasteiger partial charge in [-0.15, -0.1) is 0 Å². The first-order chi connectivity index (χ1) is 14.6. The minimum absolute atomic E-state index is 0.0225. The zero-order valence-corrected chi connectivity index (χ0v) is 17.5. The van der Waals surface area contributed by atoms with Crippen LogP contribution in [0.15, 0.2) is 0 Å². The minimum Gasteiger partial charge on any atom is -0.480 e. The van der Waals surface area contributed by atoms with Crippen LogP contribution in [0.5, 0.6) is 0 Å². The molecule has 1 fully saturated rings. The summed E-state index contributed by atoms with van der Waals surface area (Å²) < 4.78 is 0. The van der Waals surface area contributed by atoms with E-state index in [9.17, 15) is 34.8 Å². The fourth-order valence-corrected chi connectivity index (χ4v) is 3.32. The third-order valence-electron chi connectivity index (χ3n) is 5.08. The molecule has 13 nitrogen and oxygen atoms in total. The summed E-state index contributed by atoms with van der Waals surface area (Å²) in [5.41, 5.74) is 0. The Morgan fingerprint density at radius 2 is 0.871 bits per heavy atom. The summed E-state index contributed by atoms with van der Waals surface area (Å²) in [6.07, 6.45) is -2.54. The van der Waals surface area contributed by atoms with Gasteiger partial charge in [-0.25, -0.2) is 0 Å². The third-order valence-corrected chi connectivity index (χ3v) is 5.08. The molecular weight excluding hydrogens is 416 g/mol. The van der Waals surface area contributed by atoms with Crippen molar-refractivity contribution in [3.05, 3.63) is 0 Å². The largest absolute Gasteiger partial charge is 0.480 e. The number of aliphatic hydroxyl groups excluding tert-OH is 3. The van der Waals surface area contributed by atoms with E-state index in [0.29, 0.717) is 52.4 Å². The van der Waals surface area contributed by atoms with E-state index in [0.717, 1.165) is 0 Å². The summed E-state index contributed by atoms with van der Waals surface area (Å²) in [6.45, 7) is 1.20. The number of carboxylic acid groups (broad SMARTS) is 3. The van der Waals surface area contributed by atoms with Gasteiger partial charge in [-0.3, -0.25) is 34.0 Å². The Morgan fingerprint density at radius 3 is 1.13 bits per heavy atom. The first kappa shape index (κ1) is 27.2. The predicted molar refractivity (Wildman–Crippen MR) is 108 cm³/mol. The van der Waals surface area contributed by atoms with Crippen molar-refractivity contribution in [3.8, 4) is 0 Å². The number of nitrogens with zero attached hydrogens (tertiary/aromatic N) is 4.